The largest absolute Gasteiger partial charge is 0.454 e. The minimum absolute atomic E-state index is 0.188. The quantitative estimate of drug-likeness (QED) is 0.718. The summed E-state index contributed by atoms with van der Waals surface area (Å²) >= 11 is 0. The van der Waals surface area contributed by atoms with Crippen LogP contribution in [-0.4, -0.2) is 23.3 Å². The third-order valence-electron chi connectivity index (χ3n) is 2.95. The van der Waals surface area contributed by atoms with Gasteiger partial charge in [-0.15, -0.1) is 0 Å². The molecule has 2 unspecified atom stereocenters. The van der Waals surface area contributed by atoms with Crippen LogP contribution >= 0.6 is 0 Å². The number of aliphatic hydroxyl groups is 1. The summed E-state index contributed by atoms with van der Waals surface area (Å²) in [5.41, 5.74) is 1.38. The first-order chi connectivity index (χ1) is 7.24. The molecule has 0 bridgehead atoms. The zero-order chi connectivity index (χ0) is 10.8. The van der Waals surface area contributed by atoms with Crippen molar-refractivity contribution in [2.45, 2.75) is 44.8 Å². The molecule has 1 heterocycles. The number of unbranched alkanes of at least 4 members (excludes halogenated alkanes) is 1. The number of carbonyl (C=O) groups is 1. The van der Waals surface area contributed by atoms with Gasteiger partial charge in [0.05, 0.1) is 11.7 Å². The van der Waals surface area contributed by atoms with Crippen LogP contribution in [0.1, 0.15) is 32.6 Å². The SMILES string of the molecule is CCCCC1OC(=O)C2=C1C(O)CC=C2. The van der Waals surface area contributed by atoms with Crippen molar-refractivity contribution in [3.8, 4) is 0 Å². The van der Waals surface area contributed by atoms with E-state index in [0.29, 0.717) is 12.0 Å². The van der Waals surface area contributed by atoms with Gasteiger partial charge in [-0.3, -0.25) is 0 Å². The normalized spacial score (nSPS) is 29.3. The van der Waals surface area contributed by atoms with E-state index in [9.17, 15) is 9.90 Å². The van der Waals surface area contributed by atoms with E-state index in [0.717, 1.165) is 24.8 Å². The second kappa shape index (κ2) is 4.19. The van der Waals surface area contributed by atoms with Gasteiger partial charge in [0.1, 0.15) is 6.10 Å². The molecule has 1 N–H and O–H groups in total. The molecule has 0 saturated heterocycles. The maximum Gasteiger partial charge on any atom is 0.338 e. The topological polar surface area (TPSA) is 46.5 Å². The molecule has 3 nitrogen and oxygen atoms in total. The summed E-state index contributed by atoms with van der Waals surface area (Å²) in [7, 11) is 0. The molecule has 0 spiro atoms. The molecule has 3 heteroatoms. The molecular weight excluding hydrogens is 192 g/mol. The number of ether oxygens (including phenoxy) is 1. The van der Waals surface area contributed by atoms with Crippen LogP contribution in [0.25, 0.3) is 0 Å². The zero-order valence-electron chi connectivity index (χ0n) is 8.90. The molecule has 0 amide bonds. The average molecular weight is 208 g/mol. The predicted octanol–water partition coefficient (Wildman–Crippen LogP) is 1.72. The molecule has 0 radical (unpaired) electrons. The summed E-state index contributed by atoms with van der Waals surface area (Å²) in [6, 6.07) is 0. The Morgan fingerprint density at radius 3 is 3.13 bits per heavy atom. The minimum atomic E-state index is -0.529. The molecule has 82 valence electrons. The molecule has 0 saturated carbocycles. The lowest BCUT2D eigenvalue weighted by molar-refractivity contribution is -0.139. The summed E-state index contributed by atoms with van der Waals surface area (Å²) in [6.45, 7) is 2.10. The van der Waals surface area contributed by atoms with Gasteiger partial charge in [0.15, 0.2) is 0 Å². The third-order valence-corrected chi connectivity index (χ3v) is 2.95. The maximum atomic E-state index is 11.5. The van der Waals surface area contributed by atoms with Gasteiger partial charge in [0, 0.05) is 5.57 Å². The fourth-order valence-corrected chi connectivity index (χ4v) is 2.15. The lowest BCUT2D eigenvalue weighted by Crippen LogP contribution is -2.21. The van der Waals surface area contributed by atoms with Crippen LogP contribution in [0.4, 0.5) is 0 Å². The van der Waals surface area contributed by atoms with Crippen molar-refractivity contribution in [2.24, 2.45) is 0 Å². The molecule has 0 fully saturated rings. The zero-order valence-corrected chi connectivity index (χ0v) is 8.90. The second-order valence-corrected chi connectivity index (χ2v) is 4.06. The summed E-state index contributed by atoms with van der Waals surface area (Å²) in [6.07, 6.45) is 6.40. The molecular formula is C12H16O3. The Morgan fingerprint density at radius 2 is 2.40 bits per heavy atom. The number of cyclic esters (lactones) is 1. The highest BCUT2D eigenvalue weighted by molar-refractivity contribution is 5.95. The lowest BCUT2D eigenvalue weighted by Gasteiger charge is -2.19. The fourth-order valence-electron chi connectivity index (χ4n) is 2.15. The first-order valence-corrected chi connectivity index (χ1v) is 5.53. The van der Waals surface area contributed by atoms with E-state index in [1.165, 1.54) is 0 Å². The number of aliphatic hydroxyl groups excluding tert-OH is 1. The highest BCUT2D eigenvalue weighted by Gasteiger charge is 2.37. The minimum Gasteiger partial charge on any atom is -0.454 e. The van der Waals surface area contributed by atoms with E-state index in [1.54, 1.807) is 6.08 Å². The molecule has 2 atom stereocenters. The van der Waals surface area contributed by atoms with E-state index in [-0.39, 0.29) is 12.1 Å². The van der Waals surface area contributed by atoms with Crippen molar-refractivity contribution in [2.75, 3.05) is 0 Å². The highest BCUT2D eigenvalue weighted by atomic mass is 16.5. The second-order valence-electron chi connectivity index (χ2n) is 4.06. The van der Waals surface area contributed by atoms with E-state index in [1.807, 2.05) is 6.08 Å². The van der Waals surface area contributed by atoms with E-state index >= 15 is 0 Å². The Morgan fingerprint density at radius 1 is 1.60 bits per heavy atom. The van der Waals surface area contributed by atoms with Gasteiger partial charge in [-0.05, 0) is 19.3 Å². The monoisotopic (exact) mass is 208 g/mol. The molecule has 1 aliphatic carbocycles. The predicted molar refractivity (Wildman–Crippen MR) is 56.2 cm³/mol. The molecule has 1 aliphatic heterocycles. The number of esters is 1. The molecule has 2 rings (SSSR count). The summed E-state index contributed by atoms with van der Waals surface area (Å²) < 4.78 is 5.26. The fraction of sp³-hybridized carbons (Fsp3) is 0.583. The number of carbonyl (C=O) groups excluding carboxylic acids is 1. The van der Waals surface area contributed by atoms with Crippen molar-refractivity contribution in [1.82, 2.24) is 0 Å². The van der Waals surface area contributed by atoms with Gasteiger partial charge < -0.3 is 9.84 Å². The molecule has 0 aromatic carbocycles. The van der Waals surface area contributed by atoms with Crippen LogP contribution in [-0.2, 0) is 9.53 Å². The van der Waals surface area contributed by atoms with Gasteiger partial charge in [0.25, 0.3) is 0 Å². The summed E-state index contributed by atoms with van der Waals surface area (Å²) in [5.74, 6) is -0.277. The van der Waals surface area contributed by atoms with Crippen LogP contribution in [0.2, 0.25) is 0 Å². The average Bonchev–Trinajstić information content (AvgIpc) is 2.55. The van der Waals surface area contributed by atoms with Crippen LogP contribution < -0.4 is 0 Å². The van der Waals surface area contributed by atoms with E-state index in [2.05, 4.69) is 6.92 Å². The smallest absolute Gasteiger partial charge is 0.338 e. The Hall–Kier alpha value is -1.09. The Balaban J connectivity index is 2.19. The molecule has 15 heavy (non-hydrogen) atoms. The Bertz CT molecular complexity index is 328. The van der Waals surface area contributed by atoms with Crippen molar-refractivity contribution >= 4 is 5.97 Å². The summed E-state index contributed by atoms with van der Waals surface area (Å²) in [4.78, 5) is 11.5. The first kappa shape index (κ1) is 10.4. The van der Waals surface area contributed by atoms with Crippen molar-refractivity contribution in [3.63, 3.8) is 0 Å². The Labute approximate surface area is 89.4 Å². The molecule has 2 aliphatic rings. The molecule has 0 aromatic rings. The van der Waals surface area contributed by atoms with Gasteiger partial charge >= 0.3 is 5.97 Å². The van der Waals surface area contributed by atoms with Crippen molar-refractivity contribution < 1.29 is 14.6 Å². The highest BCUT2D eigenvalue weighted by Crippen LogP contribution is 2.33. The summed E-state index contributed by atoms with van der Waals surface area (Å²) in [5, 5.41) is 9.83. The van der Waals surface area contributed by atoms with Crippen LogP contribution in [0.3, 0.4) is 0 Å². The lowest BCUT2D eigenvalue weighted by atomic mass is 9.91. The first-order valence-electron chi connectivity index (χ1n) is 5.53. The van der Waals surface area contributed by atoms with Gasteiger partial charge in [-0.1, -0.05) is 25.5 Å². The number of hydrogen-bond acceptors (Lipinski definition) is 3. The van der Waals surface area contributed by atoms with Gasteiger partial charge in [-0.2, -0.15) is 0 Å². The van der Waals surface area contributed by atoms with Gasteiger partial charge in [-0.25, -0.2) is 4.79 Å². The van der Waals surface area contributed by atoms with Crippen molar-refractivity contribution in [3.05, 3.63) is 23.3 Å². The maximum absolute atomic E-state index is 11.5. The van der Waals surface area contributed by atoms with Gasteiger partial charge in [0.2, 0.25) is 0 Å². The van der Waals surface area contributed by atoms with E-state index in [4.69, 9.17) is 4.74 Å². The third kappa shape index (κ3) is 1.84. The van der Waals surface area contributed by atoms with Crippen LogP contribution in [0.15, 0.2) is 23.3 Å². The Kier molecular flexibility index (Phi) is 2.91. The van der Waals surface area contributed by atoms with Crippen LogP contribution in [0.5, 0.6) is 0 Å². The number of hydrogen-bond donors (Lipinski definition) is 1. The number of rotatable bonds is 3. The van der Waals surface area contributed by atoms with Crippen molar-refractivity contribution in [1.29, 1.82) is 0 Å². The van der Waals surface area contributed by atoms with Crippen LogP contribution in [0, 0.1) is 0 Å². The van der Waals surface area contributed by atoms with E-state index < -0.39 is 6.10 Å². The standard InChI is InChI=1S/C12H16O3/c1-2-3-7-10-11-8(12(14)15-10)5-4-6-9(11)13/h4-5,9-10,13H,2-3,6-7H2,1H3. The molecule has 0 aromatic heterocycles.